The standard InChI is InChI=1S/C13H16ClNO/c14-12-4-2-1-3-11(12)13(16)7-8-15(9-13)10-5-6-10/h1-4,10,16H,5-9H2. The first kappa shape index (κ1) is 10.6. The van der Waals surface area contributed by atoms with Crippen LogP contribution in [-0.2, 0) is 5.60 Å². The molecule has 1 saturated heterocycles. The van der Waals surface area contributed by atoms with Gasteiger partial charge in [0.15, 0.2) is 0 Å². The lowest BCUT2D eigenvalue weighted by Crippen LogP contribution is -2.32. The van der Waals surface area contributed by atoms with Gasteiger partial charge in [0.25, 0.3) is 0 Å². The molecule has 2 nitrogen and oxygen atoms in total. The number of benzene rings is 1. The third-order valence-electron chi connectivity index (χ3n) is 3.72. The Labute approximate surface area is 101 Å². The van der Waals surface area contributed by atoms with Crippen LogP contribution in [0.25, 0.3) is 0 Å². The van der Waals surface area contributed by atoms with Crippen molar-refractivity contribution in [2.75, 3.05) is 13.1 Å². The molecular weight excluding hydrogens is 222 g/mol. The van der Waals surface area contributed by atoms with Crippen LogP contribution in [0.2, 0.25) is 5.02 Å². The number of β-amino-alcohol motifs (C(OH)–C–C–N with tert-alkyl or cyclic N) is 1. The minimum atomic E-state index is -0.735. The molecule has 2 aliphatic rings. The Morgan fingerprint density at radius 1 is 1.31 bits per heavy atom. The van der Waals surface area contributed by atoms with Gasteiger partial charge in [-0.2, -0.15) is 0 Å². The van der Waals surface area contributed by atoms with E-state index in [1.54, 1.807) is 0 Å². The molecular formula is C13H16ClNO. The van der Waals surface area contributed by atoms with E-state index in [1.165, 1.54) is 12.8 Å². The highest BCUT2D eigenvalue weighted by atomic mass is 35.5. The van der Waals surface area contributed by atoms with E-state index < -0.39 is 5.60 Å². The minimum absolute atomic E-state index is 0.683. The summed E-state index contributed by atoms with van der Waals surface area (Å²) in [5.41, 5.74) is 0.154. The van der Waals surface area contributed by atoms with Gasteiger partial charge in [0.2, 0.25) is 0 Å². The van der Waals surface area contributed by atoms with Crippen molar-refractivity contribution in [3.8, 4) is 0 Å². The topological polar surface area (TPSA) is 23.5 Å². The molecule has 16 heavy (non-hydrogen) atoms. The molecule has 1 aromatic carbocycles. The van der Waals surface area contributed by atoms with Crippen molar-refractivity contribution in [1.82, 2.24) is 4.90 Å². The van der Waals surface area contributed by atoms with Crippen LogP contribution >= 0.6 is 11.6 Å². The van der Waals surface area contributed by atoms with Gasteiger partial charge in [0.05, 0.1) is 0 Å². The molecule has 1 N–H and O–H groups in total. The monoisotopic (exact) mass is 237 g/mol. The third-order valence-corrected chi connectivity index (χ3v) is 4.05. The summed E-state index contributed by atoms with van der Waals surface area (Å²) in [7, 11) is 0. The number of hydrogen-bond donors (Lipinski definition) is 1. The molecule has 1 atom stereocenters. The fourth-order valence-corrected chi connectivity index (χ4v) is 2.94. The van der Waals surface area contributed by atoms with Crippen LogP contribution in [0, 0.1) is 0 Å². The second kappa shape index (κ2) is 3.73. The summed E-state index contributed by atoms with van der Waals surface area (Å²) < 4.78 is 0. The van der Waals surface area contributed by atoms with E-state index >= 15 is 0 Å². The van der Waals surface area contributed by atoms with Gasteiger partial charge < -0.3 is 5.11 Å². The summed E-state index contributed by atoms with van der Waals surface area (Å²) in [5.74, 6) is 0. The molecule has 3 heteroatoms. The van der Waals surface area contributed by atoms with Crippen molar-refractivity contribution in [3.05, 3.63) is 34.9 Å². The van der Waals surface area contributed by atoms with E-state index in [0.29, 0.717) is 5.02 Å². The summed E-state index contributed by atoms with van der Waals surface area (Å²) in [6.45, 7) is 1.73. The van der Waals surface area contributed by atoms with Gasteiger partial charge >= 0.3 is 0 Å². The van der Waals surface area contributed by atoms with Gasteiger partial charge in [-0.05, 0) is 25.3 Å². The molecule has 2 fully saturated rings. The van der Waals surface area contributed by atoms with E-state index in [0.717, 1.165) is 31.1 Å². The van der Waals surface area contributed by atoms with Crippen LogP contribution in [0.1, 0.15) is 24.8 Å². The summed E-state index contributed by atoms with van der Waals surface area (Å²) in [6, 6.07) is 8.37. The van der Waals surface area contributed by atoms with E-state index in [-0.39, 0.29) is 0 Å². The molecule has 0 spiro atoms. The van der Waals surface area contributed by atoms with Gasteiger partial charge in [0.1, 0.15) is 5.60 Å². The van der Waals surface area contributed by atoms with Gasteiger partial charge in [-0.25, -0.2) is 0 Å². The second-order valence-corrected chi connectivity index (χ2v) is 5.37. The second-order valence-electron chi connectivity index (χ2n) is 4.96. The number of aliphatic hydroxyl groups is 1. The molecule has 1 aliphatic heterocycles. The largest absolute Gasteiger partial charge is 0.384 e. The smallest absolute Gasteiger partial charge is 0.105 e. The first-order valence-electron chi connectivity index (χ1n) is 5.90. The minimum Gasteiger partial charge on any atom is -0.384 e. The maximum Gasteiger partial charge on any atom is 0.105 e. The average molecular weight is 238 g/mol. The predicted molar refractivity (Wildman–Crippen MR) is 64.6 cm³/mol. The zero-order chi connectivity index (χ0) is 11.2. The Kier molecular flexibility index (Phi) is 2.46. The third kappa shape index (κ3) is 1.75. The highest BCUT2D eigenvalue weighted by Crippen LogP contribution is 2.40. The summed E-state index contributed by atoms with van der Waals surface area (Å²) in [5, 5.41) is 11.3. The molecule has 0 radical (unpaired) electrons. The normalized spacial score (nSPS) is 30.9. The van der Waals surface area contributed by atoms with Crippen molar-refractivity contribution in [3.63, 3.8) is 0 Å². The molecule has 1 aliphatic carbocycles. The molecule has 1 saturated carbocycles. The van der Waals surface area contributed by atoms with E-state index in [1.807, 2.05) is 24.3 Å². The highest BCUT2D eigenvalue weighted by molar-refractivity contribution is 6.31. The van der Waals surface area contributed by atoms with Crippen molar-refractivity contribution in [2.45, 2.75) is 30.9 Å². The fraction of sp³-hybridized carbons (Fsp3) is 0.538. The zero-order valence-electron chi connectivity index (χ0n) is 9.19. The zero-order valence-corrected chi connectivity index (χ0v) is 9.95. The number of rotatable bonds is 2. The molecule has 0 bridgehead atoms. The lowest BCUT2D eigenvalue weighted by atomic mass is 9.93. The van der Waals surface area contributed by atoms with Crippen molar-refractivity contribution >= 4 is 11.6 Å². The van der Waals surface area contributed by atoms with Gasteiger partial charge in [0, 0.05) is 29.7 Å². The van der Waals surface area contributed by atoms with Gasteiger partial charge in [-0.15, -0.1) is 0 Å². The quantitative estimate of drug-likeness (QED) is 0.854. The van der Waals surface area contributed by atoms with Crippen molar-refractivity contribution in [2.24, 2.45) is 0 Å². The number of likely N-dealkylation sites (tertiary alicyclic amines) is 1. The van der Waals surface area contributed by atoms with Crippen LogP contribution < -0.4 is 0 Å². The maximum absolute atomic E-state index is 10.7. The first-order chi connectivity index (χ1) is 7.69. The Hall–Kier alpha value is -0.570. The predicted octanol–water partition coefficient (Wildman–Crippen LogP) is 2.40. The maximum atomic E-state index is 10.7. The van der Waals surface area contributed by atoms with Crippen molar-refractivity contribution in [1.29, 1.82) is 0 Å². The van der Waals surface area contributed by atoms with E-state index in [9.17, 15) is 5.11 Å². The summed E-state index contributed by atoms with van der Waals surface area (Å²) in [4.78, 5) is 2.39. The Bertz CT molecular complexity index is 405. The number of nitrogens with zero attached hydrogens (tertiary/aromatic N) is 1. The van der Waals surface area contributed by atoms with Gasteiger partial charge in [-0.1, -0.05) is 29.8 Å². The molecule has 1 heterocycles. The number of hydrogen-bond acceptors (Lipinski definition) is 2. The lowest BCUT2D eigenvalue weighted by molar-refractivity contribution is 0.0453. The van der Waals surface area contributed by atoms with Gasteiger partial charge in [-0.3, -0.25) is 4.90 Å². The summed E-state index contributed by atoms with van der Waals surface area (Å²) in [6.07, 6.45) is 3.38. The van der Waals surface area contributed by atoms with Crippen LogP contribution in [-0.4, -0.2) is 29.1 Å². The molecule has 86 valence electrons. The lowest BCUT2D eigenvalue weighted by Gasteiger charge is -2.25. The Morgan fingerprint density at radius 2 is 2.06 bits per heavy atom. The van der Waals surface area contributed by atoms with Crippen molar-refractivity contribution < 1.29 is 5.11 Å². The first-order valence-corrected chi connectivity index (χ1v) is 6.28. The fourth-order valence-electron chi connectivity index (χ4n) is 2.63. The molecule has 3 rings (SSSR count). The summed E-state index contributed by atoms with van der Waals surface area (Å²) >= 11 is 6.16. The van der Waals surface area contributed by atoms with E-state index in [4.69, 9.17) is 11.6 Å². The average Bonchev–Trinajstić information content (AvgIpc) is 3.04. The van der Waals surface area contributed by atoms with Crippen LogP contribution in [0.5, 0.6) is 0 Å². The molecule has 0 amide bonds. The molecule has 1 aromatic rings. The molecule has 1 unspecified atom stereocenters. The molecule has 0 aromatic heterocycles. The Morgan fingerprint density at radius 3 is 2.75 bits per heavy atom. The Balaban J connectivity index is 1.86. The van der Waals surface area contributed by atoms with Crippen LogP contribution in [0.3, 0.4) is 0 Å². The van der Waals surface area contributed by atoms with Crippen LogP contribution in [0.4, 0.5) is 0 Å². The highest BCUT2D eigenvalue weighted by Gasteiger charge is 2.43. The number of halogens is 1. The van der Waals surface area contributed by atoms with E-state index in [2.05, 4.69) is 4.90 Å². The van der Waals surface area contributed by atoms with Crippen LogP contribution in [0.15, 0.2) is 24.3 Å². The SMILES string of the molecule is OC1(c2ccccc2Cl)CCN(C2CC2)C1.